The highest BCUT2D eigenvalue weighted by molar-refractivity contribution is 6.42. The highest BCUT2D eigenvalue weighted by atomic mass is 35.5. The Hall–Kier alpha value is -2.30. The quantitative estimate of drug-likeness (QED) is 0.434. The van der Waals surface area contributed by atoms with Crippen LogP contribution < -0.4 is 4.90 Å². The Balaban J connectivity index is 1.27. The standard InChI is InChI=1S/C26H27Cl2N3O/c1-18-17-26(9-13-30(14-10-26)19-6-7-22(27)23(28)16-19)11-15-31(18)25(32)21-8-12-29-24-5-3-2-4-20(21)24/h2-8,12,16,18H,9-11,13-15,17H2,1H3. The van der Waals surface area contributed by atoms with E-state index in [1.807, 2.05) is 42.5 Å². The van der Waals surface area contributed by atoms with Crippen LogP contribution in [0.3, 0.4) is 0 Å². The third-order valence-electron chi connectivity index (χ3n) is 7.38. The van der Waals surface area contributed by atoms with Gasteiger partial charge in [-0.1, -0.05) is 41.4 Å². The number of piperidine rings is 2. The van der Waals surface area contributed by atoms with Gasteiger partial charge in [-0.2, -0.15) is 0 Å². The Morgan fingerprint density at radius 1 is 1.00 bits per heavy atom. The Kier molecular flexibility index (Phi) is 5.77. The van der Waals surface area contributed by atoms with Crippen LogP contribution in [0.1, 0.15) is 43.0 Å². The van der Waals surface area contributed by atoms with Crippen molar-refractivity contribution in [1.29, 1.82) is 0 Å². The van der Waals surface area contributed by atoms with Crippen molar-refractivity contribution in [3.05, 3.63) is 70.3 Å². The number of carbonyl (C=O) groups is 1. The molecule has 0 N–H and O–H groups in total. The van der Waals surface area contributed by atoms with Crippen molar-refractivity contribution < 1.29 is 4.79 Å². The molecule has 1 aromatic heterocycles. The number of rotatable bonds is 2. The minimum absolute atomic E-state index is 0.124. The van der Waals surface area contributed by atoms with Crippen LogP contribution in [0.2, 0.25) is 10.0 Å². The maximum atomic E-state index is 13.5. The van der Waals surface area contributed by atoms with Crippen LogP contribution in [0.4, 0.5) is 5.69 Å². The smallest absolute Gasteiger partial charge is 0.254 e. The highest BCUT2D eigenvalue weighted by Gasteiger charge is 2.42. The number of benzene rings is 2. The third kappa shape index (κ3) is 3.95. The van der Waals surface area contributed by atoms with Crippen LogP contribution in [-0.4, -0.2) is 41.5 Å². The van der Waals surface area contributed by atoms with Crippen LogP contribution in [0.5, 0.6) is 0 Å². The van der Waals surface area contributed by atoms with Gasteiger partial charge in [0.05, 0.1) is 21.1 Å². The second-order valence-electron chi connectivity index (χ2n) is 9.26. The van der Waals surface area contributed by atoms with E-state index in [1.54, 1.807) is 6.20 Å². The average Bonchev–Trinajstić information content (AvgIpc) is 2.81. The molecule has 2 aromatic carbocycles. The summed E-state index contributed by atoms with van der Waals surface area (Å²) in [5.41, 5.74) is 3.07. The van der Waals surface area contributed by atoms with E-state index in [-0.39, 0.29) is 11.9 Å². The predicted octanol–water partition coefficient (Wildman–Crippen LogP) is 6.45. The minimum atomic E-state index is 0.124. The highest BCUT2D eigenvalue weighted by Crippen LogP contribution is 2.45. The molecule has 4 nitrogen and oxygen atoms in total. The van der Waals surface area contributed by atoms with Crippen LogP contribution >= 0.6 is 23.2 Å². The molecular formula is C26H27Cl2N3O. The first-order chi connectivity index (χ1) is 15.5. The molecule has 3 aromatic rings. The fraction of sp³-hybridized carbons (Fsp3) is 0.385. The number of nitrogens with zero attached hydrogens (tertiary/aromatic N) is 3. The van der Waals surface area contributed by atoms with Crippen LogP contribution in [0.15, 0.2) is 54.7 Å². The summed E-state index contributed by atoms with van der Waals surface area (Å²) in [6.07, 6.45) is 6.12. The second-order valence-corrected chi connectivity index (χ2v) is 10.1. The van der Waals surface area contributed by atoms with E-state index in [9.17, 15) is 4.79 Å². The molecule has 1 spiro atoms. The zero-order valence-electron chi connectivity index (χ0n) is 18.2. The van der Waals surface area contributed by atoms with Gasteiger partial charge >= 0.3 is 0 Å². The number of fused-ring (bicyclic) bond motifs is 1. The predicted molar refractivity (Wildman–Crippen MR) is 132 cm³/mol. The lowest BCUT2D eigenvalue weighted by atomic mass is 9.69. The molecule has 3 heterocycles. The summed E-state index contributed by atoms with van der Waals surface area (Å²) in [6, 6.07) is 15.8. The lowest BCUT2D eigenvalue weighted by molar-refractivity contribution is 0.0308. The summed E-state index contributed by atoms with van der Waals surface area (Å²) in [7, 11) is 0. The van der Waals surface area contributed by atoms with E-state index >= 15 is 0 Å². The van der Waals surface area contributed by atoms with Crippen molar-refractivity contribution in [3.8, 4) is 0 Å². The van der Waals surface area contributed by atoms with Crippen LogP contribution in [0.25, 0.3) is 10.9 Å². The molecular weight excluding hydrogens is 441 g/mol. The fourth-order valence-electron chi connectivity index (χ4n) is 5.53. The zero-order valence-corrected chi connectivity index (χ0v) is 19.7. The number of hydrogen-bond donors (Lipinski definition) is 0. The zero-order chi connectivity index (χ0) is 22.3. The number of aromatic nitrogens is 1. The van der Waals surface area contributed by atoms with Gasteiger partial charge < -0.3 is 9.80 Å². The summed E-state index contributed by atoms with van der Waals surface area (Å²) < 4.78 is 0. The number of likely N-dealkylation sites (tertiary alicyclic amines) is 1. The summed E-state index contributed by atoms with van der Waals surface area (Å²) in [5.74, 6) is 0.124. The molecule has 2 aliphatic heterocycles. The van der Waals surface area contributed by atoms with Crippen molar-refractivity contribution in [2.75, 3.05) is 24.5 Å². The van der Waals surface area contributed by atoms with Gasteiger partial charge in [0.1, 0.15) is 0 Å². The molecule has 2 fully saturated rings. The monoisotopic (exact) mass is 467 g/mol. The Morgan fingerprint density at radius 2 is 1.75 bits per heavy atom. The lowest BCUT2D eigenvalue weighted by Crippen LogP contribution is -2.52. The number of para-hydroxylation sites is 1. The first kappa shape index (κ1) is 21.5. The van der Waals surface area contributed by atoms with Gasteiger partial charge in [-0.25, -0.2) is 0 Å². The van der Waals surface area contributed by atoms with E-state index in [0.29, 0.717) is 15.5 Å². The number of amides is 1. The molecule has 0 aliphatic carbocycles. The van der Waals surface area contributed by atoms with Crippen LogP contribution in [0, 0.1) is 5.41 Å². The van der Waals surface area contributed by atoms with Crippen molar-refractivity contribution in [2.45, 2.75) is 38.6 Å². The van der Waals surface area contributed by atoms with E-state index in [0.717, 1.165) is 67.5 Å². The molecule has 0 bridgehead atoms. The van der Waals surface area contributed by atoms with Crippen molar-refractivity contribution in [2.24, 2.45) is 5.41 Å². The number of anilines is 1. The molecule has 6 heteroatoms. The van der Waals surface area contributed by atoms with Gasteiger partial charge in [-0.15, -0.1) is 0 Å². The fourth-order valence-corrected chi connectivity index (χ4v) is 5.82. The Morgan fingerprint density at radius 3 is 2.50 bits per heavy atom. The average molecular weight is 468 g/mol. The lowest BCUT2D eigenvalue weighted by Gasteiger charge is -2.50. The minimum Gasteiger partial charge on any atom is -0.371 e. The van der Waals surface area contributed by atoms with Gasteiger partial charge in [0, 0.05) is 42.9 Å². The molecule has 0 radical (unpaired) electrons. The van der Waals surface area contributed by atoms with Gasteiger partial charge in [-0.05, 0) is 68.4 Å². The summed E-state index contributed by atoms with van der Waals surface area (Å²) >= 11 is 12.3. The van der Waals surface area contributed by atoms with E-state index in [1.165, 1.54) is 0 Å². The largest absolute Gasteiger partial charge is 0.371 e. The molecule has 5 rings (SSSR count). The van der Waals surface area contributed by atoms with Crippen molar-refractivity contribution >= 4 is 45.7 Å². The number of hydrogen-bond acceptors (Lipinski definition) is 3. The molecule has 1 atom stereocenters. The SMILES string of the molecule is CC1CC2(CCN(c3ccc(Cl)c(Cl)c3)CC2)CCN1C(=O)c1ccnc2ccccc12. The number of halogens is 2. The van der Waals surface area contributed by atoms with Gasteiger partial charge in [0.25, 0.3) is 5.91 Å². The molecule has 2 aliphatic rings. The molecule has 1 amide bonds. The molecule has 166 valence electrons. The van der Waals surface area contributed by atoms with Crippen molar-refractivity contribution in [1.82, 2.24) is 9.88 Å². The molecule has 32 heavy (non-hydrogen) atoms. The maximum absolute atomic E-state index is 13.5. The number of pyridine rings is 1. The first-order valence-corrected chi connectivity index (χ1v) is 12.1. The van der Waals surface area contributed by atoms with Gasteiger partial charge in [0.15, 0.2) is 0 Å². The summed E-state index contributed by atoms with van der Waals surface area (Å²) in [4.78, 5) is 22.3. The Bertz CT molecular complexity index is 1150. The first-order valence-electron chi connectivity index (χ1n) is 11.3. The molecule has 2 saturated heterocycles. The van der Waals surface area contributed by atoms with Crippen LogP contribution in [-0.2, 0) is 0 Å². The third-order valence-corrected chi connectivity index (χ3v) is 8.12. The second kappa shape index (κ2) is 8.57. The molecule has 1 unspecified atom stereocenters. The summed E-state index contributed by atoms with van der Waals surface area (Å²) in [6.45, 7) is 5.03. The topological polar surface area (TPSA) is 36.4 Å². The molecule has 0 saturated carbocycles. The van der Waals surface area contributed by atoms with Gasteiger partial charge in [0.2, 0.25) is 0 Å². The van der Waals surface area contributed by atoms with E-state index in [2.05, 4.69) is 27.8 Å². The number of carbonyl (C=O) groups excluding carboxylic acids is 1. The van der Waals surface area contributed by atoms with E-state index in [4.69, 9.17) is 23.2 Å². The Labute approximate surface area is 199 Å². The van der Waals surface area contributed by atoms with Crippen molar-refractivity contribution in [3.63, 3.8) is 0 Å². The van der Waals surface area contributed by atoms with E-state index < -0.39 is 0 Å². The van der Waals surface area contributed by atoms with Gasteiger partial charge in [-0.3, -0.25) is 9.78 Å². The summed E-state index contributed by atoms with van der Waals surface area (Å²) in [5, 5.41) is 2.13. The normalized spacial score (nSPS) is 20.7. The maximum Gasteiger partial charge on any atom is 0.254 e.